The first kappa shape index (κ1) is 19.7. The fourth-order valence-electron chi connectivity index (χ4n) is 2.32. The number of aromatic nitrogens is 2. The topological polar surface area (TPSA) is 76.1 Å². The first-order valence-corrected chi connectivity index (χ1v) is 8.73. The van der Waals surface area contributed by atoms with Crippen LogP contribution < -0.4 is 10.6 Å². The Morgan fingerprint density at radius 3 is 2.88 bits per heavy atom. The van der Waals surface area contributed by atoms with Crippen molar-refractivity contribution in [3.8, 4) is 11.8 Å². The van der Waals surface area contributed by atoms with Gasteiger partial charge in [0.2, 0.25) is 0 Å². The average Bonchev–Trinajstić information content (AvgIpc) is 2.59. The van der Waals surface area contributed by atoms with Crippen LogP contribution >= 0.6 is 0 Å². The van der Waals surface area contributed by atoms with Gasteiger partial charge in [-0.3, -0.25) is 0 Å². The Morgan fingerprint density at radius 2 is 2.15 bits per heavy atom. The van der Waals surface area contributed by atoms with Gasteiger partial charge in [-0.05, 0) is 52.8 Å². The summed E-state index contributed by atoms with van der Waals surface area (Å²) in [6.07, 6.45) is 4.57. The first-order valence-electron chi connectivity index (χ1n) is 8.73. The summed E-state index contributed by atoms with van der Waals surface area (Å²) >= 11 is 0. The molecule has 1 unspecified atom stereocenters. The van der Waals surface area contributed by atoms with Crippen molar-refractivity contribution in [1.82, 2.24) is 20.6 Å². The molecule has 0 fully saturated rings. The Hall–Kier alpha value is -2.65. The van der Waals surface area contributed by atoms with Gasteiger partial charge in [-0.25, -0.2) is 14.8 Å². The zero-order valence-corrected chi connectivity index (χ0v) is 15.8. The van der Waals surface area contributed by atoms with Gasteiger partial charge in [-0.1, -0.05) is 17.9 Å². The molecule has 2 rings (SSSR count). The van der Waals surface area contributed by atoms with E-state index in [1.807, 2.05) is 46.0 Å². The number of carbonyl (C=O) groups excluding carboxylic acids is 1. The highest BCUT2D eigenvalue weighted by Gasteiger charge is 2.15. The molecule has 1 amide bonds. The molecule has 0 radical (unpaired) electrons. The van der Waals surface area contributed by atoms with E-state index >= 15 is 0 Å². The summed E-state index contributed by atoms with van der Waals surface area (Å²) < 4.78 is 5.21. The summed E-state index contributed by atoms with van der Waals surface area (Å²) in [4.78, 5) is 19.9. The van der Waals surface area contributed by atoms with Gasteiger partial charge in [0, 0.05) is 23.7 Å². The van der Waals surface area contributed by atoms with Crippen molar-refractivity contribution in [2.24, 2.45) is 0 Å². The van der Waals surface area contributed by atoms with E-state index in [0.29, 0.717) is 6.54 Å². The van der Waals surface area contributed by atoms with Crippen LogP contribution in [0.2, 0.25) is 0 Å². The number of alkyl carbamates (subject to hydrolysis) is 1. The van der Waals surface area contributed by atoms with Crippen molar-refractivity contribution in [1.29, 1.82) is 0 Å². The summed E-state index contributed by atoms with van der Waals surface area (Å²) in [5.74, 6) is 6.41. The van der Waals surface area contributed by atoms with E-state index < -0.39 is 5.60 Å². The maximum atomic E-state index is 11.6. The van der Waals surface area contributed by atoms with Crippen LogP contribution in [-0.4, -0.2) is 41.3 Å². The minimum absolute atomic E-state index is 0.0523. The Bertz CT molecular complexity index is 803. The lowest BCUT2D eigenvalue weighted by Gasteiger charge is -2.19. The Morgan fingerprint density at radius 1 is 1.35 bits per heavy atom. The molecule has 0 spiro atoms. The third-order valence-corrected chi connectivity index (χ3v) is 3.58. The second kappa shape index (κ2) is 9.16. The molecule has 2 N–H and O–H groups in total. The summed E-state index contributed by atoms with van der Waals surface area (Å²) in [6, 6.07) is 5.95. The lowest BCUT2D eigenvalue weighted by atomic mass is 10.1. The normalized spacial score (nSPS) is 12.2. The molecule has 1 atom stereocenters. The van der Waals surface area contributed by atoms with Gasteiger partial charge in [-0.2, -0.15) is 0 Å². The first-order chi connectivity index (χ1) is 12.4. The van der Waals surface area contributed by atoms with Gasteiger partial charge >= 0.3 is 6.09 Å². The van der Waals surface area contributed by atoms with Gasteiger partial charge in [0.25, 0.3) is 0 Å². The molecule has 0 aliphatic rings. The molecule has 0 bridgehead atoms. The fourth-order valence-corrected chi connectivity index (χ4v) is 2.32. The van der Waals surface area contributed by atoms with E-state index in [9.17, 15) is 4.79 Å². The molecule has 0 aliphatic carbocycles. The van der Waals surface area contributed by atoms with Gasteiger partial charge in [-0.15, -0.1) is 0 Å². The Balaban J connectivity index is 1.83. The van der Waals surface area contributed by atoms with E-state index in [0.717, 1.165) is 29.3 Å². The Labute approximate surface area is 154 Å². The van der Waals surface area contributed by atoms with Crippen LogP contribution in [0.25, 0.3) is 10.9 Å². The molecule has 1 aromatic carbocycles. The van der Waals surface area contributed by atoms with Crippen LogP contribution in [0.15, 0.2) is 30.7 Å². The molecular weight excluding hydrogens is 328 g/mol. The smallest absolute Gasteiger partial charge is 0.407 e. The molecule has 0 saturated carbocycles. The minimum atomic E-state index is -0.478. The molecule has 0 saturated heterocycles. The highest BCUT2D eigenvalue weighted by molar-refractivity contribution is 5.78. The van der Waals surface area contributed by atoms with Crippen molar-refractivity contribution in [2.45, 2.75) is 45.3 Å². The Kier molecular flexibility index (Phi) is 6.93. The maximum Gasteiger partial charge on any atom is 0.407 e. The maximum absolute atomic E-state index is 11.6. The average molecular weight is 354 g/mol. The highest BCUT2D eigenvalue weighted by Crippen LogP contribution is 2.11. The van der Waals surface area contributed by atoms with Crippen LogP contribution in [-0.2, 0) is 4.74 Å². The fraction of sp³-hybridized carbons (Fsp3) is 0.450. The molecule has 1 heterocycles. The van der Waals surface area contributed by atoms with Crippen LogP contribution in [0.3, 0.4) is 0 Å². The van der Waals surface area contributed by atoms with Crippen molar-refractivity contribution in [2.75, 3.05) is 13.6 Å². The lowest BCUT2D eigenvalue weighted by Crippen LogP contribution is -2.33. The van der Waals surface area contributed by atoms with Crippen LogP contribution in [0.1, 0.15) is 39.2 Å². The third kappa shape index (κ3) is 6.69. The minimum Gasteiger partial charge on any atom is -0.444 e. The standard InChI is InChI=1S/C20H26N4O2/c1-20(2,3)26-19(25)23-11-5-6-17(21-4)10-8-15-7-9-16-13-22-14-24-18(16)12-15/h7,9,12-14,17,21H,5-6,11H2,1-4H3,(H,23,25). The number of carbonyl (C=O) groups is 1. The predicted molar refractivity (Wildman–Crippen MR) is 103 cm³/mol. The molecule has 2 aromatic rings. The van der Waals surface area contributed by atoms with Gasteiger partial charge in [0.1, 0.15) is 11.9 Å². The largest absolute Gasteiger partial charge is 0.444 e. The number of hydrogen-bond donors (Lipinski definition) is 2. The van der Waals surface area contributed by atoms with Crippen molar-refractivity contribution in [3.63, 3.8) is 0 Å². The number of hydrogen-bond acceptors (Lipinski definition) is 5. The molecule has 138 valence electrons. The van der Waals surface area contributed by atoms with E-state index in [2.05, 4.69) is 32.4 Å². The molecule has 6 nitrogen and oxygen atoms in total. The second-order valence-electron chi connectivity index (χ2n) is 6.98. The van der Waals surface area contributed by atoms with Crippen molar-refractivity contribution in [3.05, 3.63) is 36.3 Å². The molecular formula is C20H26N4O2. The quantitative estimate of drug-likeness (QED) is 0.638. The predicted octanol–water partition coefficient (Wildman–Crippen LogP) is 2.87. The number of fused-ring (bicyclic) bond motifs is 1. The number of rotatable bonds is 5. The molecule has 6 heteroatoms. The zero-order valence-electron chi connectivity index (χ0n) is 15.8. The number of benzene rings is 1. The summed E-state index contributed by atoms with van der Waals surface area (Å²) in [7, 11) is 1.88. The monoisotopic (exact) mass is 354 g/mol. The van der Waals surface area contributed by atoms with E-state index in [1.165, 1.54) is 6.33 Å². The van der Waals surface area contributed by atoms with Crippen LogP contribution in [0.4, 0.5) is 4.79 Å². The van der Waals surface area contributed by atoms with Gasteiger partial charge in [0.15, 0.2) is 0 Å². The number of ether oxygens (including phenoxy) is 1. The zero-order chi connectivity index (χ0) is 19.0. The highest BCUT2D eigenvalue weighted by atomic mass is 16.6. The summed E-state index contributed by atoms with van der Waals surface area (Å²) in [6.45, 7) is 6.09. The number of nitrogens with zero attached hydrogens (tertiary/aromatic N) is 2. The molecule has 26 heavy (non-hydrogen) atoms. The molecule has 1 aromatic heterocycles. The van der Waals surface area contributed by atoms with Crippen LogP contribution in [0.5, 0.6) is 0 Å². The van der Waals surface area contributed by atoms with E-state index in [1.54, 1.807) is 6.20 Å². The SMILES string of the molecule is CNC(C#Cc1ccc2cncnc2c1)CCCNC(=O)OC(C)(C)C. The lowest BCUT2D eigenvalue weighted by molar-refractivity contribution is 0.0527. The van der Waals surface area contributed by atoms with Crippen molar-refractivity contribution >= 4 is 17.0 Å². The van der Waals surface area contributed by atoms with Gasteiger partial charge < -0.3 is 15.4 Å². The number of amides is 1. The molecule has 0 aliphatic heterocycles. The summed E-state index contributed by atoms with van der Waals surface area (Å²) in [5, 5.41) is 6.95. The van der Waals surface area contributed by atoms with E-state index in [4.69, 9.17) is 4.74 Å². The van der Waals surface area contributed by atoms with Gasteiger partial charge in [0.05, 0.1) is 11.6 Å². The van der Waals surface area contributed by atoms with E-state index in [-0.39, 0.29) is 12.1 Å². The second-order valence-corrected chi connectivity index (χ2v) is 6.98. The third-order valence-electron chi connectivity index (χ3n) is 3.58. The number of nitrogens with one attached hydrogen (secondary N) is 2. The van der Waals surface area contributed by atoms with Crippen LogP contribution in [0, 0.1) is 11.8 Å². The summed E-state index contributed by atoms with van der Waals surface area (Å²) in [5.41, 5.74) is 1.33. The van der Waals surface area contributed by atoms with Crippen molar-refractivity contribution < 1.29 is 9.53 Å².